The van der Waals surface area contributed by atoms with Crippen LogP contribution in [0.3, 0.4) is 0 Å². The Morgan fingerprint density at radius 3 is 2.66 bits per heavy atom. The van der Waals surface area contributed by atoms with Gasteiger partial charge in [-0.15, -0.1) is 11.8 Å². The Hall–Kier alpha value is -3.33. The van der Waals surface area contributed by atoms with E-state index in [0.717, 1.165) is 4.90 Å². The van der Waals surface area contributed by atoms with Crippen LogP contribution in [0.25, 0.3) is 0 Å². The van der Waals surface area contributed by atoms with Crippen molar-refractivity contribution in [3.05, 3.63) is 48.0 Å². The largest absolute Gasteiger partial charge is 0.449 e. The van der Waals surface area contributed by atoms with E-state index in [0.29, 0.717) is 22.8 Å². The van der Waals surface area contributed by atoms with Crippen molar-refractivity contribution in [2.24, 2.45) is 0 Å². The molecule has 2 heterocycles. The lowest BCUT2D eigenvalue weighted by Gasteiger charge is -2.30. The second kappa shape index (κ2) is 7.59. The number of ether oxygens (including phenoxy) is 1. The first-order chi connectivity index (χ1) is 13.9. The van der Waals surface area contributed by atoms with Crippen molar-refractivity contribution in [2.45, 2.75) is 17.9 Å². The number of para-hydroxylation sites is 2. The van der Waals surface area contributed by atoms with Crippen LogP contribution in [0.15, 0.2) is 47.4 Å². The number of hydrogen-bond acceptors (Lipinski definition) is 6. The van der Waals surface area contributed by atoms with Gasteiger partial charge in [0.2, 0.25) is 11.8 Å². The standard InChI is InChI=1S/C20H17N3O5S/c1-11(19(26)23-9-17(24)21-13-4-2-3-5-15(13)23)28-20(27)12-6-7-16-14(8-12)22-18(25)10-29-16/h2-8,11H,9-10H2,1H3,(H,21,24)(H,22,25)/t11-/m0/s1. The molecule has 2 aliphatic rings. The van der Waals surface area contributed by atoms with Gasteiger partial charge in [0.05, 0.1) is 28.4 Å². The van der Waals surface area contributed by atoms with Crippen LogP contribution in [0.2, 0.25) is 0 Å². The first kappa shape index (κ1) is 19.0. The Kier molecular flexibility index (Phi) is 4.98. The number of fused-ring (bicyclic) bond motifs is 2. The summed E-state index contributed by atoms with van der Waals surface area (Å²) in [7, 11) is 0. The van der Waals surface area contributed by atoms with Crippen LogP contribution in [0.4, 0.5) is 17.1 Å². The summed E-state index contributed by atoms with van der Waals surface area (Å²) in [4.78, 5) is 51.0. The van der Waals surface area contributed by atoms with E-state index in [4.69, 9.17) is 4.74 Å². The van der Waals surface area contributed by atoms with Crippen molar-refractivity contribution in [3.8, 4) is 0 Å². The zero-order valence-electron chi connectivity index (χ0n) is 15.4. The predicted molar refractivity (Wildman–Crippen MR) is 108 cm³/mol. The Morgan fingerprint density at radius 1 is 1.07 bits per heavy atom. The average molecular weight is 411 g/mol. The number of hydrogen-bond donors (Lipinski definition) is 2. The minimum absolute atomic E-state index is 0.140. The maximum absolute atomic E-state index is 12.9. The Morgan fingerprint density at radius 2 is 1.83 bits per heavy atom. The molecule has 4 rings (SSSR count). The summed E-state index contributed by atoms with van der Waals surface area (Å²) in [6.07, 6.45) is -1.10. The molecule has 8 nitrogen and oxygen atoms in total. The van der Waals surface area contributed by atoms with Crippen LogP contribution in [0.5, 0.6) is 0 Å². The fourth-order valence-electron chi connectivity index (χ4n) is 3.14. The van der Waals surface area contributed by atoms with E-state index in [1.54, 1.807) is 36.4 Å². The Labute approximate surface area is 170 Å². The minimum Gasteiger partial charge on any atom is -0.449 e. The van der Waals surface area contributed by atoms with E-state index in [1.807, 2.05) is 0 Å². The van der Waals surface area contributed by atoms with Crippen molar-refractivity contribution >= 4 is 52.5 Å². The van der Waals surface area contributed by atoms with Gasteiger partial charge in [-0.3, -0.25) is 19.3 Å². The number of amides is 3. The number of rotatable bonds is 3. The molecule has 2 aliphatic heterocycles. The van der Waals surface area contributed by atoms with Gasteiger partial charge in [-0.1, -0.05) is 12.1 Å². The molecule has 0 spiro atoms. The van der Waals surface area contributed by atoms with Crippen LogP contribution in [-0.2, 0) is 19.1 Å². The van der Waals surface area contributed by atoms with E-state index in [1.165, 1.54) is 29.7 Å². The zero-order valence-corrected chi connectivity index (χ0v) is 16.2. The zero-order chi connectivity index (χ0) is 20.5. The molecule has 0 saturated heterocycles. The smallest absolute Gasteiger partial charge is 0.338 e. The summed E-state index contributed by atoms with van der Waals surface area (Å²) in [5.74, 6) is -1.32. The molecule has 29 heavy (non-hydrogen) atoms. The van der Waals surface area contributed by atoms with Crippen molar-refractivity contribution < 1.29 is 23.9 Å². The molecule has 9 heteroatoms. The second-order valence-electron chi connectivity index (χ2n) is 6.59. The lowest BCUT2D eigenvalue weighted by Crippen LogP contribution is -2.47. The van der Waals surface area contributed by atoms with Gasteiger partial charge in [0.1, 0.15) is 6.54 Å². The fraction of sp³-hybridized carbons (Fsp3) is 0.200. The van der Waals surface area contributed by atoms with Crippen LogP contribution in [-0.4, -0.2) is 42.1 Å². The van der Waals surface area contributed by atoms with Gasteiger partial charge in [-0.05, 0) is 37.3 Å². The molecule has 0 bridgehead atoms. The SMILES string of the molecule is C[C@H](OC(=O)c1ccc2c(c1)NC(=O)CS2)C(=O)N1CC(=O)Nc2ccccc21. The van der Waals surface area contributed by atoms with E-state index >= 15 is 0 Å². The quantitative estimate of drug-likeness (QED) is 0.751. The highest BCUT2D eigenvalue weighted by Crippen LogP contribution is 2.32. The average Bonchev–Trinajstić information content (AvgIpc) is 2.71. The first-order valence-electron chi connectivity index (χ1n) is 8.90. The third-order valence-electron chi connectivity index (χ3n) is 4.52. The third-order valence-corrected chi connectivity index (χ3v) is 5.59. The number of anilines is 3. The molecule has 1 atom stereocenters. The normalized spacial score (nSPS) is 16.1. The van der Waals surface area contributed by atoms with E-state index in [-0.39, 0.29) is 23.9 Å². The highest BCUT2D eigenvalue weighted by atomic mass is 32.2. The molecule has 0 unspecified atom stereocenters. The molecular weight excluding hydrogens is 394 g/mol. The number of carbonyl (C=O) groups excluding carboxylic acids is 4. The molecule has 0 fully saturated rings. The number of nitrogens with zero attached hydrogens (tertiary/aromatic N) is 1. The first-order valence-corrected chi connectivity index (χ1v) is 9.89. The molecular formula is C20H17N3O5S. The van der Waals surface area contributed by atoms with Gasteiger partial charge >= 0.3 is 5.97 Å². The van der Waals surface area contributed by atoms with Gasteiger partial charge in [0.25, 0.3) is 5.91 Å². The molecule has 2 aromatic rings. The Bertz CT molecular complexity index is 1040. The summed E-state index contributed by atoms with van der Waals surface area (Å²) in [6.45, 7) is 1.31. The Balaban J connectivity index is 1.49. The molecule has 0 radical (unpaired) electrons. The number of carbonyl (C=O) groups is 4. The maximum atomic E-state index is 12.9. The van der Waals surface area contributed by atoms with Gasteiger partial charge in [-0.2, -0.15) is 0 Å². The fourth-order valence-corrected chi connectivity index (χ4v) is 3.93. The maximum Gasteiger partial charge on any atom is 0.338 e. The van der Waals surface area contributed by atoms with E-state index in [9.17, 15) is 19.2 Å². The van der Waals surface area contributed by atoms with Crippen LogP contribution in [0, 0.1) is 0 Å². The lowest BCUT2D eigenvalue weighted by atomic mass is 10.1. The van der Waals surface area contributed by atoms with Crippen molar-refractivity contribution in [1.82, 2.24) is 0 Å². The molecule has 0 saturated carbocycles. The van der Waals surface area contributed by atoms with Crippen molar-refractivity contribution in [2.75, 3.05) is 27.8 Å². The monoisotopic (exact) mass is 411 g/mol. The topological polar surface area (TPSA) is 105 Å². The van der Waals surface area contributed by atoms with Crippen LogP contribution >= 0.6 is 11.8 Å². The third kappa shape index (κ3) is 3.81. The molecule has 0 aromatic heterocycles. The van der Waals surface area contributed by atoms with Crippen molar-refractivity contribution in [1.29, 1.82) is 0 Å². The van der Waals surface area contributed by atoms with Crippen LogP contribution in [0.1, 0.15) is 17.3 Å². The summed E-state index contributed by atoms with van der Waals surface area (Å²) in [5.41, 5.74) is 1.84. The summed E-state index contributed by atoms with van der Waals surface area (Å²) in [5, 5.41) is 5.42. The summed E-state index contributed by atoms with van der Waals surface area (Å²) >= 11 is 1.39. The molecule has 0 aliphatic carbocycles. The summed E-state index contributed by atoms with van der Waals surface area (Å²) < 4.78 is 5.34. The van der Waals surface area contributed by atoms with Gasteiger partial charge in [-0.25, -0.2) is 4.79 Å². The number of nitrogens with one attached hydrogen (secondary N) is 2. The number of thioether (sulfide) groups is 1. The predicted octanol–water partition coefficient (Wildman–Crippen LogP) is 2.26. The van der Waals surface area contributed by atoms with Crippen LogP contribution < -0.4 is 15.5 Å². The molecule has 148 valence electrons. The number of esters is 1. The minimum atomic E-state index is -1.10. The number of benzene rings is 2. The highest BCUT2D eigenvalue weighted by Gasteiger charge is 2.31. The highest BCUT2D eigenvalue weighted by molar-refractivity contribution is 8.00. The summed E-state index contributed by atoms with van der Waals surface area (Å²) in [6, 6.07) is 11.8. The molecule has 3 amide bonds. The van der Waals surface area contributed by atoms with E-state index < -0.39 is 18.0 Å². The van der Waals surface area contributed by atoms with E-state index in [2.05, 4.69) is 10.6 Å². The van der Waals surface area contributed by atoms with Gasteiger partial charge in [0.15, 0.2) is 6.10 Å². The van der Waals surface area contributed by atoms with Gasteiger partial charge < -0.3 is 15.4 Å². The van der Waals surface area contributed by atoms with Crippen molar-refractivity contribution in [3.63, 3.8) is 0 Å². The lowest BCUT2D eigenvalue weighted by molar-refractivity contribution is -0.128. The molecule has 2 aromatic carbocycles. The molecule has 2 N–H and O–H groups in total. The van der Waals surface area contributed by atoms with Gasteiger partial charge in [0, 0.05) is 4.90 Å². The second-order valence-corrected chi connectivity index (χ2v) is 7.60.